The van der Waals surface area contributed by atoms with Crippen LogP contribution in [0.1, 0.15) is 50.9 Å². The fourth-order valence-corrected chi connectivity index (χ4v) is 5.01. The molecule has 0 spiro atoms. The van der Waals surface area contributed by atoms with E-state index in [9.17, 15) is 9.59 Å². The van der Waals surface area contributed by atoms with Crippen LogP contribution in [0.3, 0.4) is 0 Å². The monoisotopic (exact) mass is 554 g/mol. The molecule has 1 amide bonds. The number of amides is 1. The zero-order valence-electron chi connectivity index (χ0n) is 24.2. The van der Waals surface area contributed by atoms with Crippen molar-refractivity contribution in [3.63, 3.8) is 0 Å². The molecule has 1 aliphatic heterocycles. The number of fused-ring (bicyclic) bond motifs is 1. The number of hydrogen-bond acceptors (Lipinski definition) is 7. The van der Waals surface area contributed by atoms with Gasteiger partial charge in [0.25, 0.3) is 5.56 Å². The number of nitrogens with zero attached hydrogens (tertiary/aromatic N) is 5. The Morgan fingerprint density at radius 3 is 2.32 bits per heavy atom. The number of aromatic nitrogens is 3. The number of carbonyl (C=O) groups excluding carboxylic acids is 1. The van der Waals surface area contributed by atoms with E-state index in [1.165, 1.54) is 0 Å². The Labute approximate surface area is 240 Å². The van der Waals surface area contributed by atoms with E-state index < -0.39 is 0 Å². The third-order valence-corrected chi connectivity index (χ3v) is 7.89. The van der Waals surface area contributed by atoms with Gasteiger partial charge in [-0.25, -0.2) is 9.78 Å². The smallest absolute Gasteiger partial charge is 0.410 e. The molecule has 0 aliphatic carbocycles. The molecule has 214 valence electrons. The fraction of sp³-hybridized carbons (Fsp3) is 0.375. The van der Waals surface area contributed by atoms with Gasteiger partial charge in [-0.1, -0.05) is 56.3 Å². The van der Waals surface area contributed by atoms with Crippen molar-refractivity contribution in [3.05, 3.63) is 94.4 Å². The Morgan fingerprint density at radius 1 is 0.927 bits per heavy atom. The number of pyridine rings is 1. The zero-order valence-corrected chi connectivity index (χ0v) is 24.2. The number of carbonyl (C=O) groups is 1. The zero-order chi connectivity index (χ0) is 28.9. The minimum absolute atomic E-state index is 0.0146. The number of benzene rings is 2. The van der Waals surface area contributed by atoms with Gasteiger partial charge in [0, 0.05) is 55.6 Å². The summed E-state index contributed by atoms with van der Waals surface area (Å²) in [7, 11) is 0. The summed E-state index contributed by atoms with van der Waals surface area (Å²) < 4.78 is 7.25. The molecular formula is C32H38N6O3. The van der Waals surface area contributed by atoms with Gasteiger partial charge in [-0.15, -0.1) is 0 Å². The highest BCUT2D eigenvalue weighted by atomic mass is 16.6. The van der Waals surface area contributed by atoms with E-state index in [1.807, 2.05) is 37.3 Å². The van der Waals surface area contributed by atoms with E-state index in [4.69, 9.17) is 9.72 Å². The number of ether oxygens (including phenoxy) is 1. The maximum absolute atomic E-state index is 12.7. The lowest BCUT2D eigenvalue weighted by molar-refractivity contribution is 0.0942. The molecule has 4 aromatic rings. The molecule has 1 fully saturated rings. The van der Waals surface area contributed by atoms with E-state index >= 15 is 0 Å². The van der Waals surface area contributed by atoms with Crippen molar-refractivity contribution in [1.82, 2.24) is 19.4 Å². The molecular weight excluding hydrogens is 516 g/mol. The lowest BCUT2D eigenvalue weighted by atomic mass is 10.1. The van der Waals surface area contributed by atoms with Gasteiger partial charge in [0.15, 0.2) is 0 Å². The first kappa shape index (κ1) is 28.1. The molecule has 3 heterocycles. The Kier molecular flexibility index (Phi) is 8.52. The first-order chi connectivity index (χ1) is 19.8. The highest BCUT2D eigenvalue weighted by molar-refractivity contribution is 5.75. The second-order valence-corrected chi connectivity index (χ2v) is 11.0. The lowest BCUT2D eigenvalue weighted by Crippen LogP contribution is -2.48. The number of hydrogen-bond donors (Lipinski definition) is 1. The molecule has 2 aromatic carbocycles. The summed E-state index contributed by atoms with van der Waals surface area (Å²) in [5.74, 6) is 0.776. The number of piperazine rings is 1. The number of anilines is 2. The molecule has 2 atom stereocenters. The van der Waals surface area contributed by atoms with Crippen molar-refractivity contribution in [1.29, 1.82) is 0 Å². The van der Waals surface area contributed by atoms with Gasteiger partial charge >= 0.3 is 6.09 Å². The van der Waals surface area contributed by atoms with Crippen molar-refractivity contribution in [2.24, 2.45) is 5.92 Å². The summed E-state index contributed by atoms with van der Waals surface area (Å²) in [4.78, 5) is 38.5. The second-order valence-electron chi connectivity index (χ2n) is 11.0. The van der Waals surface area contributed by atoms with Gasteiger partial charge in [0.05, 0.1) is 6.04 Å². The molecule has 1 saturated heterocycles. The largest absolute Gasteiger partial charge is 0.445 e. The summed E-state index contributed by atoms with van der Waals surface area (Å²) >= 11 is 0. The van der Waals surface area contributed by atoms with Crippen LogP contribution in [0.15, 0.2) is 77.7 Å². The summed E-state index contributed by atoms with van der Waals surface area (Å²) in [5.41, 5.74) is 3.78. The van der Waals surface area contributed by atoms with Crippen LogP contribution >= 0.6 is 0 Å². The first-order valence-corrected chi connectivity index (χ1v) is 14.3. The SMILES string of the molecule is CC(Nc1ncc2ccc(=O)n(C(C)C(C)C)c2n1)c1ccc(N2CCN(C(=O)OCc3ccccc3)CC2)cc1. The highest BCUT2D eigenvalue weighted by Crippen LogP contribution is 2.24. The minimum atomic E-state index is -0.268. The summed E-state index contributed by atoms with van der Waals surface area (Å²) in [6.45, 7) is 11.3. The van der Waals surface area contributed by atoms with Crippen molar-refractivity contribution in [2.45, 2.75) is 46.4 Å². The molecule has 9 nitrogen and oxygen atoms in total. The van der Waals surface area contributed by atoms with Crippen LogP contribution in [0.4, 0.5) is 16.4 Å². The van der Waals surface area contributed by atoms with Gasteiger partial charge in [-0.05, 0) is 49.1 Å². The van der Waals surface area contributed by atoms with E-state index in [0.717, 1.165) is 35.3 Å². The third kappa shape index (κ3) is 6.51. The molecule has 0 bridgehead atoms. The Hall–Kier alpha value is -4.40. The summed E-state index contributed by atoms with van der Waals surface area (Å²) in [5, 5.41) is 4.23. The quantitative estimate of drug-likeness (QED) is 0.301. The molecule has 1 N–H and O–H groups in total. The molecule has 41 heavy (non-hydrogen) atoms. The predicted octanol–water partition coefficient (Wildman–Crippen LogP) is 5.64. The van der Waals surface area contributed by atoms with Crippen LogP contribution in [-0.4, -0.2) is 51.7 Å². The number of nitrogens with one attached hydrogen (secondary N) is 1. The van der Waals surface area contributed by atoms with Crippen molar-refractivity contribution in [2.75, 3.05) is 36.4 Å². The second kappa shape index (κ2) is 12.4. The van der Waals surface area contributed by atoms with Gasteiger partial charge in [-0.3, -0.25) is 9.36 Å². The molecule has 0 saturated carbocycles. The molecule has 1 aliphatic rings. The van der Waals surface area contributed by atoms with Crippen molar-refractivity contribution in [3.8, 4) is 0 Å². The summed E-state index contributed by atoms with van der Waals surface area (Å²) in [6.07, 6.45) is 1.50. The predicted molar refractivity (Wildman–Crippen MR) is 162 cm³/mol. The standard InChI is InChI=1S/C32H38N6O3/c1-22(2)24(4)38-29(39)15-12-27-20-33-31(35-30(27)38)34-23(3)26-10-13-28(14-11-26)36-16-18-37(19-17-36)32(40)41-21-25-8-6-5-7-9-25/h5-15,20,22-24H,16-19,21H2,1-4H3,(H,33,34,35). The molecule has 0 radical (unpaired) electrons. The van der Waals surface area contributed by atoms with Gasteiger partial charge in [-0.2, -0.15) is 4.98 Å². The van der Waals surface area contributed by atoms with E-state index in [0.29, 0.717) is 30.6 Å². The van der Waals surface area contributed by atoms with Crippen LogP contribution in [0.5, 0.6) is 0 Å². The van der Waals surface area contributed by atoms with Crippen LogP contribution in [0.25, 0.3) is 11.0 Å². The Balaban J connectivity index is 1.19. The summed E-state index contributed by atoms with van der Waals surface area (Å²) in [6, 6.07) is 21.5. The molecule has 5 rings (SSSR count). The average Bonchev–Trinajstić information content (AvgIpc) is 3.00. The Morgan fingerprint density at radius 2 is 1.63 bits per heavy atom. The topological polar surface area (TPSA) is 92.6 Å². The van der Waals surface area contributed by atoms with Crippen LogP contribution < -0.4 is 15.8 Å². The normalized spacial score (nSPS) is 15.1. The van der Waals surface area contributed by atoms with Gasteiger partial charge in [0.2, 0.25) is 5.95 Å². The van der Waals surface area contributed by atoms with Gasteiger partial charge in [0.1, 0.15) is 12.3 Å². The fourth-order valence-electron chi connectivity index (χ4n) is 5.01. The van der Waals surface area contributed by atoms with E-state index in [-0.39, 0.29) is 30.3 Å². The maximum atomic E-state index is 12.7. The van der Waals surface area contributed by atoms with Gasteiger partial charge < -0.3 is 19.9 Å². The first-order valence-electron chi connectivity index (χ1n) is 14.3. The Bertz CT molecular complexity index is 1530. The third-order valence-electron chi connectivity index (χ3n) is 7.89. The van der Waals surface area contributed by atoms with Crippen LogP contribution in [0.2, 0.25) is 0 Å². The van der Waals surface area contributed by atoms with Crippen LogP contribution in [0, 0.1) is 5.92 Å². The maximum Gasteiger partial charge on any atom is 0.410 e. The van der Waals surface area contributed by atoms with Crippen molar-refractivity contribution < 1.29 is 9.53 Å². The molecule has 9 heteroatoms. The van der Waals surface area contributed by atoms with E-state index in [2.05, 4.69) is 60.2 Å². The average molecular weight is 555 g/mol. The molecule has 2 aromatic heterocycles. The number of rotatable bonds is 8. The van der Waals surface area contributed by atoms with E-state index in [1.54, 1.807) is 27.8 Å². The minimum Gasteiger partial charge on any atom is -0.445 e. The van der Waals surface area contributed by atoms with Crippen molar-refractivity contribution >= 4 is 28.8 Å². The molecule has 2 unspecified atom stereocenters. The lowest BCUT2D eigenvalue weighted by Gasteiger charge is -2.35. The highest BCUT2D eigenvalue weighted by Gasteiger charge is 2.23. The van der Waals surface area contributed by atoms with Crippen LogP contribution in [-0.2, 0) is 11.3 Å².